The molecule has 0 aromatic carbocycles. The quantitative estimate of drug-likeness (QED) is 0.0320. The second kappa shape index (κ2) is 78.3. The zero-order chi connectivity index (χ0) is 64.2. The van der Waals surface area contributed by atoms with E-state index in [9.17, 15) is 19.8 Å². The van der Waals surface area contributed by atoms with Gasteiger partial charge in [-0.2, -0.15) is 0 Å². The topological polar surface area (TPSA) is 95.9 Å². The summed E-state index contributed by atoms with van der Waals surface area (Å²) in [5.74, 6) is -0.0504. The first-order chi connectivity index (χ1) is 44.0. The fraction of sp³-hybridized carbons (Fsp3) is 0.880. The number of rotatable bonds is 76. The maximum absolute atomic E-state index is 12.5. The molecule has 0 heterocycles. The minimum atomic E-state index is -0.845. The van der Waals surface area contributed by atoms with Gasteiger partial charge in [-0.15, -0.1) is 0 Å². The Bertz CT molecular complexity index is 1490. The molecule has 0 saturated carbocycles. The van der Waals surface area contributed by atoms with Crippen molar-refractivity contribution >= 4 is 11.9 Å². The van der Waals surface area contributed by atoms with Crippen LogP contribution in [0.15, 0.2) is 48.6 Å². The fourth-order valence-corrected chi connectivity index (χ4v) is 12.7. The first-order valence-electron chi connectivity index (χ1n) is 40.4. The normalized spacial score (nSPS) is 12.7. The highest BCUT2D eigenvalue weighted by Crippen LogP contribution is 2.19. The summed E-state index contributed by atoms with van der Waals surface area (Å²) in [6.45, 7) is 4.94. The number of allylic oxidation sites excluding steroid dienone is 7. The standard InChI is InChI=1S/C83H157NO5/c1-3-5-7-9-11-13-15-17-19-21-23-37-40-43-47-51-55-59-63-67-71-75-81(86)80(79-85)84-82(87)76-72-68-64-60-56-52-48-44-41-38-35-33-31-29-27-25-24-26-28-30-32-34-36-39-42-46-50-54-58-62-66-70-74-78-89-83(88)77-73-69-65-61-57-53-49-45-22-20-18-16-14-12-10-8-6-4-2/h20,22,28,30,34,36,71,75,80-81,85-86H,3-19,21,23-27,29,31-33,35,37-70,72-74,76-79H2,1-2H3,(H,84,87)/b22-20-,30-28-,36-34-,75-71+. The molecule has 0 spiro atoms. The average molecular weight is 1250 g/mol. The lowest BCUT2D eigenvalue weighted by molar-refractivity contribution is -0.143. The molecule has 2 unspecified atom stereocenters. The van der Waals surface area contributed by atoms with E-state index >= 15 is 0 Å². The average Bonchev–Trinajstić information content (AvgIpc) is 3.55. The van der Waals surface area contributed by atoms with Gasteiger partial charge in [-0.25, -0.2) is 0 Å². The van der Waals surface area contributed by atoms with Crippen molar-refractivity contribution in [3.8, 4) is 0 Å². The molecule has 0 aromatic rings. The van der Waals surface area contributed by atoms with Gasteiger partial charge in [0.1, 0.15) is 0 Å². The van der Waals surface area contributed by atoms with Crippen LogP contribution in [0.2, 0.25) is 0 Å². The molecule has 0 radical (unpaired) electrons. The molecule has 0 aromatic heterocycles. The molecule has 0 aliphatic carbocycles. The maximum Gasteiger partial charge on any atom is 0.305 e. The Balaban J connectivity index is 3.40. The van der Waals surface area contributed by atoms with Crippen LogP contribution in [0.1, 0.15) is 444 Å². The minimum absolute atomic E-state index is 0.0116. The van der Waals surface area contributed by atoms with Gasteiger partial charge in [0.05, 0.1) is 25.4 Å². The number of ether oxygens (including phenoxy) is 1. The summed E-state index contributed by atoms with van der Waals surface area (Å²) in [6, 6.07) is -0.628. The van der Waals surface area contributed by atoms with Crippen molar-refractivity contribution in [1.82, 2.24) is 5.32 Å². The van der Waals surface area contributed by atoms with Crippen LogP contribution in [0.25, 0.3) is 0 Å². The summed E-state index contributed by atoms with van der Waals surface area (Å²) in [5, 5.41) is 23.3. The Labute approximate surface area is 556 Å². The Morgan fingerprint density at radius 3 is 0.865 bits per heavy atom. The number of unbranched alkanes of at least 4 members (excludes halogenated alkanes) is 59. The van der Waals surface area contributed by atoms with Gasteiger partial charge in [0, 0.05) is 12.8 Å². The number of aliphatic hydroxyl groups excluding tert-OH is 2. The van der Waals surface area contributed by atoms with Gasteiger partial charge in [0.15, 0.2) is 0 Å². The van der Waals surface area contributed by atoms with E-state index in [4.69, 9.17) is 4.74 Å². The number of carbonyl (C=O) groups is 2. The Kier molecular flexibility index (Phi) is 76.3. The van der Waals surface area contributed by atoms with E-state index < -0.39 is 12.1 Å². The van der Waals surface area contributed by atoms with Gasteiger partial charge in [0.2, 0.25) is 5.91 Å². The van der Waals surface area contributed by atoms with Gasteiger partial charge in [0.25, 0.3) is 0 Å². The van der Waals surface area contributed by atoms with Crippen LogP contribution in [0.5, 0.6) is 0 Å². The van der Waals surface area contributed by atoms with E-state index in [0.717, 1.165) is 51.4 Å². The summed E-state index contributed by atoms with van der Waals surface area (Å²) in [4.78, 5) is 24.7. The summed E-state index contributed by atoms with van der Waals surface area (Å²) >= 11 is 0. The number of nitrogens with one attached hydrogen (secondary N) is 1. The van der Waals surface area contributed by atoms with Crippen molar-refractivity contribution in [2.24, 2.45) is 0 Å². The molecule has 3 N–H and O–H groups in total. The third kappa shape index (κ3) is 74.7. The van der Waals surface area contributed by atoms with Crippen LogP contribution in [-0.4, -0.2) is 47.4 Å². The molecule has 2 atom stereocenters. The van der Waals surface area contributed by atoms with E-state index in [1.54, 1.807) is 6.08 Å². The molecule has 6 nitrogen and oxygen atoms in total. The van der Waals surface area contributed by atoms with Crippen LogP contribution < -0.4 is 5.32 Å². The highest BCUT2D eigenvalue weighted by atomic mass is 16.5. The summed E-state index contributed by atoms with van der Waals surface area (Å²) < 4.78 is 5.51. The number of aliphatic hydroxyl groups is 2. The van der Waals surface area contributed by atoms with Crippen LogP contribution in [0, 0.1) is 0 Å². The first kappa shape index (κ1) is 86.8. The SMILES string of the molecule is CCCCCCCCC/C=C\CCCCCCCCCC(=O)OCCCCCCCCCCC/C=C\C/C=C\CCCCCCCCCCCCCCCCCCCC(=O)NC(CO)C(O)/C=C/CCCCCCCCCCCCCCCCCCCCC. The fourth-order valence-electron chi connectivity index (χ4n) is 12.7. The largest absolute Gasteiger partial charge is 0.466 e. The lowest BCUT2D eigenvalue weighted by atomic mass is 10.0. The lowest BCUT2D eigenvalue weighted by Crippen LogP contribution is -2.45. The van der Waals surface area contributed by atoms with Crippen molar-refractivity contribution in [1.29, 1.82) is 0 Å². The molecular formula is C83H157NO5. The van der Waals surface area contributed by atoms with Gasteiger partial charge in [-0.3, -0.25) is 9.59 Å². The number of hydrogen-bond donors (Lipinski definition) is 3. The first-order valence-corrected chi connectivity index (χ1v) is 40.4. The Hall–Kier alpha value is -2.18. The van der Waals surface area contributed by atoms with Crippen molar-refractivity contribution in [3.05, 3.63) is 48.6 Å². The number of carbonyl (C=O) groups excluding carboxylic acids is 2. The smallest absolute Gasteiger partial charge is 0.305 e. The van der Waals surface area contributed by atoms with Gasteiger partial charge < -0.3 is 20.3 Å². The van der Waals surface area contributed by atoms with Crippen LogP contribution in [-0.2, 0) is 14.3 Å². The minimum Gasteiger partial charge on any atom is -0.466 e. The molecule has 0 fully saturated rings. The highest BCUT2D eigenvalue weighted by molar-refractivity contribution is 5.76. The Morgan fingerprint density at radius 2 is 0.562 bits per heavy atom. The van der Waals surface area contributed by atoms with Crippen molar-refractivity contribution in [2.75, 3.05) is 13.2 Å². The summed E-state index contributed by atoms with van der Waals surface area (Å²) in [7, 11) is 0. The summed E-state index contributed by atoms with van der Waals surface area (Å²) in [6.07, 6.45) is 104. The highest BCUT2D eigenvalue weighted by Gasteiger charge is 2.18. The van der Waals surface area contributed by atoms with Crippen molar-refractivity contribution in [2.45, 2.75) is 456 Å². The van der Waals surface area contributed by atoms with E-state index in [2.05, 4.69) is 55.6 Å². The number of hydrogen-bond acceptors (Lipinski definition) is 5. The van der Waals surface area contributed by atoms with Crippen molar-refractivity contribution < 1.29 is 24.5 Å². The van der Waals surface area contributed by atoms with Gasteiger partial charge in [-0.1, -0.05) is 390 Å². The van der Waals surface area contributed by atoms with E-state index in [1.165, 1.54) is 366 Å². The summed E-state index contributed by atoms with van der Waals surface area (Å²) in [5.41, 5.74) is 0. The molecule has 6 heteroatoms. The van der Waals surface area contributed by atoms with Crippen LogP contribution in [0.4, 0.5) is 0 Å². The lowest BCUT2D eigenvalue weighted by Gasteiger charge is -2.20. The van der Waals surface area contributed by atoms with E-state index in [0.29, 0.717) is 19.4 Å². The van der Waals surface area contributed by atoms with Crippen LogP contribution in [0.3, 0.4) is 0 Å². The van der Waals surface area contributed by atoms with Gasteiger partial charge >= 0.3 is 5.97 Å². The predicted molar refractivity (Wildman–Crippen MR) is 393 cm³/mol. The van der Waals surface area contributed by atoms with E-state index in [1.807, 2.05) is 6.08 Å². The number of esters is 1. The molecule has 0 aliphatic heterocycles. The third-order valence-electron chi connectivity index (χ3n) is 18.8. The second-order valence-corrected chi connectivity index (χ2v) is 27.7. The molecule has 1 amide bonds. The third-order valence-corrected chi connectivity index (χ3v) is 18.8. The monoisotopic (exact) mass is 1250 g/mol. The second-order valence-electron chi connectivity index (χ2n) is 27.7. The molecule has 0 aliphatic rings. The zero-order valence-corrected chi connectivity index (χ0v) is 60.2. The Morgan fingerprint density at radius 1 is 0.315 bits per heavy atom. The van der Waals surface area contributed by atoms with E-state index in [-0.39, 0.29) is 18.5 Å². The van der Waals surface area contributed by atoms with Crippen molar-refractivity contribution in [3.63, 3.8) is 0 Å². The molecule has 0 bridgehead atoms. The predicted octanol–water partition coefficient (Wildman–Crippen LogP) is 26.8. The molecular weight excluding hydrogens is 1090 g/mol. The zero-order valence-electron chi connectivity index (χ0n) is 60.2. The maximum atomic E-state index is 12.5. The van der Waals surface area contributed by atoms with Gasteiger partial charge in [-0.05, 0) is 89.9 Å². The molecule has 0 saturated heterocycles. The molecule has 89 heavy (non-hydrogen) atoms. The number of amides is 1. The molecule has 0 rings (SSSR count). The molecule has 524 valence electrons. The van der Waals surface area contributed by atoms with Crippen LogP contribution >= 0.6 is 0 Å².